The molecule has 134 valence electrons. The predicted octanol–water partition coefficient (Wildman–Crippen LogP) is 2.20. The van der Waals surface area contributed by atoms with Crippen LogP contribution in [0.15, 0.2) is 18.2 Å². The highest BCUT2D eigenvalue weighted by atomic mass is 19.1. The lowest BCUT2D eigenvalue weighted by Gasteiger charge is -2.28. The van der Waals surface area contributed by atoms with Crippen LogP contribution >= 0.6 is 0 Å². The first-order chi connectivity index (χ1) is 11.7. The van der Waals surface area contributed by atoms with Crippen molar-refractivity contribution in [2.75, 3.05) is 40.0 Å². The molecule has 1 atom stereocenters. The van der Waals surface area contributed by atoms with Crippen LogP contribution in [0.25, 0.3) is 0 Å². The van der Waals surface area contributed by atoms with Gasteiger partial charge < -0.3 is 19.7 Å². The Kier molecular flexibility index (Phi) is 7.62. The molecule has 1 aliphatic rings. The van der Waals surface area contributed by atoms with Gasteiger partial charge in [0.15, 0.2) is 0 Å². The van der Waals surface area contributed by atoms with Crippen LogP contribution < -0.4 is 5.32 Å². The molecule has 1 amide bonds. The van der Waals surface area contributed by atoms with Gasteiger partial charge in [-0.1, -0.05) is 6.92 Å². The van der Waals surface area contributed by atoms with Crippen LogP contribution in [0.2, 0.25) is 0 Å². The first kappa shape index (κ1) is 18.8. The van der Waals surface area contributed by atoms with E-state index in [4.69, 9.17) is 9.47 Å². The van der Waals surface area contributed by atoms with E-state index < -0.39 is 0 Å². The van der Waals surface area contributed by atoms with E-state index in [2.05, 4.69) is 12.2 Å². The second-order valence-electron chi connectivity index (χ2n) is 6.00. The average molecular weight is 338 g/mol. The summed E-state index contributed by atoms with van der Waals surface area (Å²) in [6, 6.07) is 4.72. The summed E-state index contributed by atoms with van der Waals surface area (Å²) < 4.78 is 24.2. The molecule has 0 spiro atoms. The van der Waals surface area contributed by atoms with E-state index in [1.54, 1.807) is 19.2 Å². The Balaban J connectivity index is 2.09. The smallest absolute Gasteiger partial charge is 0.254 e. The summed E-state index contributed by atoms with van der Waals surface area (Å²) in [6.07, 6.45) is 1.86. The van der Waals surface area contributed by atoms with E-state index in [0.29, 0.717) is 30.9 Å². The van der Waals surface area contributed by atoms with Crippen molar-refractivity contribution in [3.63, 3.8) is 0 Å². The fourth-order valence-electron chi connectivity index (χ4n) is 2.90. The van der Waals surface area contributed by atoms with Crippen molar-refractivity contribution >= 4 is 5.91 Å². The maximum absolute atomic E-state index is 13.9. The molecule has 0 aliphatic carbocycles. The first-order valence-electron chi connectivity index (χ1n) is 8.54. The predicted molar refractivity (Wildman–Crippen MR) is 90.5 cm³/mol. The highest BCUT2D eigenvalue weighted by Crippen LogP contribution is 2.17. The van der Waals surface area contributed by atoms with E-state index in [-0.39, 0.29) is 24.4 Å². The van der Waals surface area contributed by atoms with Gasteiger partial charge in [-0.2, -0.15) is 0 Å². The molecule has 1 heterocycles. The first-order valence-corrected chi connectivity index (χ1v) is 8.54. The maximum Gasteiger partial charge on any atom is 0.254 e. The van der Waals surface area contributed by atoms with Crippen LogP contribution in [0.4, 0.5) is 4.39 Å². The number of rotatable bonds is 9. The summed E-state index contributed by atoms with van der Waals surface area (Å²) in [5, 5.41) is 3.29. The van der Waals surface area contributed by atoms with Gasteiger partial charge in [0.05, 0.1) is 19.8 Å². The Bertz CT molecular complexity index is 533. The van der Waals surface area contributed by atoms with Crippen molar-refractivity contribution in [2.24, 2.45) is 0 Å². The largest absolute Gasteiger partial charge is 0.382 e. The molecule has 1 fully saturated rings. The molecule has 1 saturated heterocycles. The van der Waals surface area contributed by atoms with Crippen LogP contribution in [0.3, 0.4) is 0 Å². The van der Waals surface area contributed by atoms with Gasteiger partial charge in [-0.3, -0.25) is 4.79 Å². The number of halogens is 1. The lowest BCUT2D eigenvalue weighted by atomic mass is 10.1. The zero-order chi connectivity index (χ0) is 17.4. The van der Waals surface area contributed by atoms with Crippen molar-refractivity contribution in [1.29, 1.82) is 0 Å². The van der Waals surface area contributed by atoms with E-state index in [1.807, 2.05) is 4.90 Å². The molecule has 5 nitrogen and oxygen atoms in total. The molecular formula is C18H27FN2O3. The number of methoxy groups -OCH3 is 1. The Morgan fingerprint density at radius 1 is 1.42 bits per heavy atom. The Morgan fingerprint density at radius 3 is 2.92 bits per heavy atom. The lowest BCUT2D eigenvalue weighted by Crippen LogP contribution is -2.42. The summed E-state index contributed by atoms with van der Waals surface area (Å²) in [5.74, 6) is -0.391. The third kappa shape index (κ3) is 5.00. The van der Waals surface area contributed by atoms with Gasteiger partial charge in [-0.05, 0) is 37.6 Å². The molecule has 0 aromatic heterocycles. The van der Waals surface area contributed by atoms with Crippen LogP contribution in [0.5, 0.6) is 0 Å². The van der Waals surface area contributed by atoms with Gasteiger partial charge in [0.25, 0.3) is 5.91 Å². The Hall–Kier alpha value is -1.50. The molecule has 1 N–H and O–H groups in total. The number of carbonyl (C=O) groups is 1. The zero-order valence-corrected chi connectivity index (χ0v) is 14.5. The molecule has 6 heteroatoms. The number of nitrogens with zero attached hydrogens (tertiary/aromatic N) is 1. The summed E-state index contributed by atoms with van der Waals surface area (Å²) in [6.45, 7) is 5.50. The molecule has 24 heavy (non-hydrogen) atoms. The van der Waals surface area contributed by atoms with Gasteiger partial charge in [-0.25, -0.2) is 4.39 Å². The van der Waals surface area contributed by atoms with Crippen LogP contribution in [-0.2, 0) is 16.1 Å². The summed E-state index contributed by atoms with van der Waals surface area (Å²) in [7, 11) is 1.59. The molecule has 1 aromatic rings. The van der Waals surface area contributed by atoms with E-state index in [0.717, 1.165) is 25.9 Å². The number of nitrogens with one attached hydrogen (secondary N) is 1. The van der Waals surface area contributed by atoms with Gasteiger partial charge in [0.2, 0.25) is 0 Å². The van der Waals surface area contributed by atoms with Crippen molar-refractivity contribution in [2.45, 2.75) is 32.4 Å². The Labute approximate surface area is 143 Å². The van der Waals surface area contributed by atoms with Crippen LogP contribution in [0.1, 0.15) is 35.7 Å². The van der Waals surface area contributed by atoms with E-state index >= 15 is 0 Å². The molecular weight excluding hydrogens is 311 g/mol. The number of benzene rings is 1. The molecule has 2 rings (SSSR count). The third-order valence-electron chi connectivity index (χ3n) is 4.18. The quantitative estimate of drug-likeness (QED) is 0.702. The number of carbonyl (C=O) groups excluding carboxylic acids is 1. The molecule has 0 bridgehead atoms. The Morgan fingerprint density at radius 2 is 2.25 bits per heavy atom. The van der Waals surface area contributed by atoms with Gasteiger partial charge in [0, 0.05) is 37.4 Å². The fraction of sp³-hybridized carbons (Fsp3) is 0.611. The highest BCUT2D eigenvalue weighted by Gasteiger charge is 2.27. The molecule has 1 aliphatic heterocycles. The molecule has 0 saturated carbocycles. The second kappa shape index (κ2) is 9.71. The maximum atomic E-state index is 13.9. The second-order valence-corrected chi connectivity index (χ2v) is 6.00. The van der Waals surface area contributed by atoms with Gasteiger partial charge >= 0.3 is 0 Å². The number of ether oxygens (including phenoxy) is 2. The van der Waals surface area contributed by atoms with Gasteiger partial charge in [0.1, 0.15) is 5.82 Å². The lowest BCUT2D eigenvalue weighted by molar-refractivity contribution is 0.0602. The normalized spacial score (nSPS) is 17.2. The van der Waals surface area contributed by atoms with Crippen LogP contribution in [-0.4, -0.2) is 56.8 Å². The van der Waals surface area contributed by atoms with Crippen molar-refractivity contribution < 1.29 is 18.7 Å². The summed E-state index contributed by atoms with van der Waals surface area (Å²) in [5.41, 5.74) is 0.917. The zero-order valence-electron chi connectivity index (χ0n) is 14.5. The molecule has 1 aromatic carbocycles. The SMILES string of the molecule is CCCN(C(=O)c1ccc(F)c(COCCOC)c1)C1CCNC1. The van der Waals surface area contributed by atoms with Crippen molar-refractivity contribution in [3.05, 3.63) is 35.1 Å². The topological polar surface area (TPSA) is 50.8 Å². The molecule has 1 unspecified atom stereocenters. The monoisotopic (exact) mass is 338 g/mol. The average Bonchev–Trinajstić information content (AvgIpc) is 3.11. The number of hydrogen-bond donors (Lipinski definition) is 1. The van der Waals surface area contributed by atoms with Crippen molar-refractivity contribution in [1.82, 2.24) is 10.2 Å². The number of hydrogen-bond acceptors (Lipinski definition) is 4. The minimum atomic E-state index is -0.353. The summed E-state index contributed by atoms with van der Waals surface area (Å²) >= 11 is 0. The fourth-order valence-corrected chi connectivity index (χ4v) is 2.90. The highest BCUT2D eigenvalue weighted by molar-refractivity contribution is 5.94. The van der Waals surface area contributed by atoms with Crippen LogP contribution in [0, 0.1) is 5.82 Å². The van der Waals surface area contributed by atoms with Crippen molar-refractivity contribution in [3.8, 4) is 0 Å². The minimum absolute atomic E-state index is 0.0382. The minimum Gasteiger partial charge on any atom is -0.382 e. The standard InChI is InChI=1S/C18H27FN2O3/c1-3-8-21(16-6-7-20-12-16)18(22)14-4-5-17(19)15(11-14)13-24-10-9-23-2/h4-5,11,16,20H,3,6-10,12-13H2,1-2H3. The number of amides is 1. The molecule has 0 radical (unpaired) electrons. The van der Waals surface area contributed by atoms with E-state index in [1.165, 1.54) is 6.07 Å². The van der Waals surface area contributed by atoms with Gasteiger partial charge in [-0.15, -0.1) is 0 Å². The summed E-state index contributed by atoms with van der Waals surface area (Å²) in [4.78, 5) is 14.8. The third-order valence-corrected chi connectivity index (χ3v) is 4.18. The van der Waals surface area contributed by atoms with E-state index in [9.17, 15) is 9.18 Å².